The molecule has 0 amide bonds. The largest absolute Gasteiger partial charge is 0.227 e. The molecule has 1 atom stereocenters. The standard InChI is InChI=1S/C10H14N4O2S/c1-11-13-10(9-6-4-3-5-7-9)14-12-8-17(2,15)16/h3-7,10H,8H2,1-2H3. The molecule has 0 aliphatic heterocycles. The molecule has 0 radical (unpaired) electrons. The fourth-order valence-electron chi connectivity index (χ4n) is 1.11. The van der Waals surface area contributed by atoms with Gasteiger partial charge in [-0.2, -0.15) is 20.5 Å². The summed E-state index contributed by atoms with van der Waals surface area (Å²) in [7, 11) is -1.62. The molecule has 0 heterocycles. The third kappa shape index (κ3) is 5.30. The Morgan fingerprint density at radius 1 is 1.18 bits per heavy atom. The number of hydrogen-bond acceptors (Lipinski definition) is 6. The fourth-order valence-corrected chi connectivity index (χ4v) is 1.38. The Balaban J connectivity index is 2.81. The van der Waals surface area contributed by atoms with Crippen LogP contribution in [0.2, 0.25) is 0 Å². The van der Waals surface area contributed by atoms with E-state index in [2.05, 4.69) is 20.5 Å². The average molecular weight is 254 g/mol. The van der Waals surface area contributed by atoms with Gasteiger partial charge in [-0.3, -0.25) is 0 Å². The van der Waals surface area contributed by atoms with Crippen molar-refractivity contribution in [3.05, 3.63) is 35.9 Å². The molecule has 0 saturated carbocycles. The van der Waals surface area contributed by atoms with Crippen molar-refractivity contribution in [2.75, 3.05) is 19.2 Å². The Labute approximate surface area is 100 Å². The first-order valence-electron chi connectivity index (χ1n) is 4.91. The summed E-state index contributed by atoms with van der Waals surface area (Å²) in [5.74, 6) is -0.338. The van der Waals surface area contributed by atoms with E-state index in [9.17, 15) is 8.42 Å². The molecule has 0 saturated heterocycles. The van der Waals surface area contributed by atoms with Crippen LogP contribution in [0.25, 0.3) is 0 Å². The topological polar surface area (TPSA) is 83.6 Å². The van der Waals surface area contributed by atoms with Crippen LogP contribution in [0.3, 0.4) is 0 Å². The van der Waals surface area contributed by atoms with Gasteiger partial charge in [0.05, 0.1) is 0 Å². The molecule has 0 aliphatic rings. The summed E-state index contributed by atoms with van der Waals surface area (Å²) >= 11 is 0. The lowest BCUT2D eigenvalue weighted by Gasteiger charge is -2.04. The number of sulfone groups is 1. The summed E-state index contributed by atoms with van der Waals surface area (Å²) in [5.41, 5.74) is 0.815. The van der Waals surface area contributed by atoms with Crippen LogP contribution in [0.1, 0.15) is 11.7 Å². The van der Waals surface area contributed by atoms with E-state index in [4.69, 9.17) is 0 Å². The smallest absolute Gasteiger partial charge is 0.205 e. The summed E-state index contributed by atoms with van der Waals surface area (Å²) in [6.45, 7) is 0. The summed E-state index contributed by atoms with van der Waals surface area (Å²) in [6, 6.07) is 9.23. The van der Waals surface area contributed by atoms with E-state index in [1.807, 2.05) is 30.3 Å². The first-order chi connectivity index (χ1) is 8.03. The summed E-state index contributed by atoms with van der Waals surface area (Å²) in [6.07, 6.45) is 0.521. The van der Waals surface area contributed by atoms with Gasteiger partial charge in [0.25, 0.3) is 0 Å². The number of azo groups is 2. The first kappa shape index (κ1) is 13.4. The maximum Gasteiger partial charge on any atom is 0.205 e. The molecular formula is C10H14N4O2S. The average Bonchev–Trinajstić information content (AvgIpc) is 2.27. The summed E-state index contributed by atoms with van der Waals surface area (Å²) < 4.78 is 21.8. The van der Waals surface area contributed by atoms with Gasteiger partial charge >= 0.3 is 0 Å². The van der Waals surface area contributed by atoms with Crippen molar-refractivity contribution in [2.45, 2.75) is 6.17 Å². The molecule has 0 spiro atoms. The predicted molar refractivity (Wildman–Crippen MR) is 64.5 cm³/mol. The zero-order valence-corrected chi connectivity index (χ0v) is 10.5. The van der Waals surface area contributed by atoms with Crippen molar-refractivity contribution < 1.29 is 8.42 Å². The number of benzene rings is 1. The lowest BCUT2D eigenvalue weighted by Crippen LogP contribution is -2.00. The van der Waals surface area contributed by atoms with Gasteiger partial charge in [0.2, 0.25) is 6.17 Å². The summed E-state index contributed by atoms with van der Waals surface area (Å²) in [4.78, 5) is 0. The van der Waals surface area contributed by atoms with E-state index in [1.54, 1.807) is 0 Å². The molecule has 6 nitrogen and oxygen atoms in total. The number of hydrogen-bond donors (Lipinski definition) is 0. The molecule has 1 unspecified atom stereocenters. The number of rotatable bonds is 5. The Morgan fingerprint density at radius 2 is 1.82 bits per heavy atom. The molecule has 0 aromatic heterocycles. The van der Waals surface area contributed by atoms with Crippen molar-refractivity contribution in [3.63, 3.8) is 0 Å². The van der Waals surface area contributed by atoms with Gasteiger partial charge in [-0.05, 0) is 0 Å². The van der Waals surface area contributed by atoms with Gasteiger partial charge in [-0.15, -0.1) is 0 Å². The van der Waals surface area contributed by atoms with Crippen LogP contribution >= 0.6 is 0 Å². The van der Waals surface area contributed by atoms with E-state index in [0.717, 1.165) is 11.8 Å². The molecule has 7 heteroatoms. The van der Waals surface area contributed by atoms with Gasteiger partial charge in [-0.1, -0.05) is 30.3 Å². The first-order valence-corrected chi connectivity index (χ1v) is 6.97. The molecule has 0 N–H and O–H groups in total. The zero-order valence-electron chi connectivity index (χ0n) is 9.68. The SMILES string of the molecule is CN=NC(N=NCS(C)(=O)=O)c1ccccc1. The van der Waals surface area contributed by atoms with Gasteiger partial charge < -0.3 is 0 Å². The Hall–Kier alpha value is -1.63. The molecule has 0 aliphatic carbocycles. The molecule has 0 bridgehead atoms. The summed E-state index contributed by atoms with van der Waals surface area (Å²) in [5, 5.41) is 15.0. The van der Waals surface area contributed by atoms with Crippen LogP contribution in [0.5, 0.6) is 0 Å². The predicted octanol–water partition coefficient (Wildman–Crippen LogP) is 2.22. The third-order valence-corrected chi connectivity index (χ3v) is 2.39. The molecule has 1 rings (SSSR count). The van der Waals surface area contributed by atoms with Crippen LogP contribution < -0.4 is 0 Å². The molecule has 17 heavy (non-hydrogen) atoms. The third-order valence-electron chi connectivity index (χ3n) is 1.81. The molecule has 1 aromatic rings. The normalized spacial score (nSPS) is 14.5. The lowest BCUT2D eigenvalue weighted by atomic mass is 10.2. The minimum atomic E-state index is -3.15. The highest BCUT2D eigenvalue weighted by molar-refractivity contribution is 7.90. The maximum atomic E-state index is 10.9. The Kier molecular flexibility index (Phi) is 4.89. The lowest BCUT2D eigenvalue weighted by molar-refractivity contribution is 0.597. The minimum Gasteiger partial charge on any atom is -0.227 e. The highest BCUT2D eigenvalue weighted by Gasteiger charge is 2.08. The van der Waals surface area contributed by atoms with Crippen molar-refractivity contribution in [3.8, 4) is 0 Å². The van der Waals surface area contributed by atoms with Crippen LogP contribution in [0.15, 0.2) is 50.8 Å². The highest BCUT2D eigenvalue weighted by Crippen LogP contribution is 2.19. The van der Waals surface area contributed by atoms with E-state index in [0.29, 0.717) is 0 Å². The van der Waals surface area contributed by atoms with Crippen LogP contribution in [-0.2, 0) is 9.84 Å². The van der Waals surface area contributed by atoms with Crippen molar-refractivity contribution >= 4 is 9.84 Å². The van der Waals surface area contributed by atoms with Crippen LogP contribution in [-0.4, -0.2) is 27.6 Å². The molecule has 1 aromatic carbocycles. The fraction of sp³-hybridized carbons (Fsp3) is 0.400. The van der Waals surface area contributed by atoms with Crippen LogP contribution in [0, 0.1) is 0 Å². The van der Waals surface area contributed by atoms with Crippen molar-refractivity contribution in [2.24, 2.45) is 20.5 Å². The second kappa shape index (κ2) is 6.19. The van der Waals surface area contributed by atoms with Crippen molar-refractivity contribution in [1.29, 1.82) is 0 Å². The van der Waals surface area contributed by atoms with E-state index < -0.39 is 16.0 Å². The van der Waals surface area contributed by atoms with E-state index in [1.165, 1.54) is 7.05 Å². The zero-order chi connectivity index (χ0) is 12.7. The Bertz CT molecular complexity index is 496. The van der Waals surface area contributed by atoms with Gasteiger partial charge in [-0.25, -0.2) is 8.42 Å². The molecule has 0 fully saturated rings. The minimum absolute atomic E-state index is 0.338. The van der Waals surface area contributed by atoms with Gasteiger partial charge in [0.1, 0.15) is 0 Å². The van der Waals surface area contributed by atoms with E-state index >= 15 is 0 Å². The second-order valence-corrected chi connectivity index (χ2v) is 5.52. The van der Waals surface area contributed by atoms with Crippen LogP contribution in [0.4, 0.5) is 0 Å². The van der Waals surface area contributed by atoms with Gasteiger partial charge in [0.15, 0.2) is 15.7 Å². The molecular weight excluding hydrogens is 240 g/mol. The van der Waals surface area contributed by atoms with Crippen molar-refractivity contribution in [1.82, 2.24) is 0 Å². The highest BCUT2D eigenvalue weighted by atomic mass is 32.2. The van der Waals surface area contributed by atoms with Gasteiger partial charge in [0, 0.05) is 18.9 Å². The Morgan fingerprint density at radius 3 is 2.35 bits per heavy atom. The number of nitrogens with zero attached hydrogens (tertiary/aromatic N) is 4. The second-order valence-electron chi connectivity index (χ2n) is 3.41. The monoisotopic (exact) mass is 254 g/mol. The molecule has 92 valence electrons. The maximum absolute atomic E-state index is 10.9. The van der Waals surface area contributed by atoms with E-state index in [-0.39, 0.29) is 5.88 Å². The quantitative estimate of drug-likeness (QED) is 0.754.